The summed E-state index contributed by atoms with van der Waals surface area (Å²) in [7, 11) is 0. The first kappa shape index (κ1) is 15.3. The molecule has 0 radical (unpaired) electrons. The number of rotatable bonds is 1. The normalized spacial score (nSPS) is 14.4. The maximum atomic E-state index is 12.6. The summed E-state index contributed by atoms with van der Waals surface area (Å²) in [6, 6.07) is 11.8. The molecule has 128 valence electrons. The molecule has 4 aromatic rings. The van der Waals surface area contributed by atoms with Crippen molar-refractivity contribution in [3.63, 3.8) is 0 Å². The Bertz CT molecular complexity index is 1240. The molecule has 0 fully saturated rings. The van der Waals surface area contributed by atoms with Crippen molar-refractivity contribution in [2.75, 3.05) is 0 Å². The van der Waals surface area contributed by atoms with E-state index in [0.717, 1.165) is 33.7 Å². The van der Waals surface area contributed by atoms with Gasteiger partial charge in [0.2, 0.25) is 0 Å². The van der Waals surface area contributed by atoms with E-state index in [2.05, 4.69) is 51.8 Å². The van der Waals surface area contributed by atoms with Crippen LogP contribution < -0.4 is 5.56 Å². The molecule has 1 aliphatic rings. The third-order valence-corrected chi connectivity index (χ3v) is 5.48. The number of H-pyrrole nitrogens is 1. The van der Waals surface area contributed by atoms with Gasteiger partial charge in [0, 0.05) is 11.8 Å². The number of nitrogens with one attached hydrogen (secondary N) is 1. The maximum absolute atomic E-state index is 12.6. The summed E-state index contributed by atoms with van der Waals surface area (Å²) in [4.78, 5) is 17.0. The molecule has 1 aliphatic heterocycles. The molecule has 0 bridgehead atoms. The van der Waals surface area contributed by atoms with Crippen LogP contribution in [0.4, 0.5) is 0 Å². The zero-order valence-corrected chi connectivity index (χ0v) is 15.0. The van der Waals surface area contributed by atoms with Crippen LogP contribution in [0.3, 0.4) is 0 Å². The van der Waals surface area contributed by atoms with Gasteiger partial charge >= 0.3 is 0 Å². The summed E-state index contributed by atoms with van der Waals surface area (Å²) < 4.78 is 2.05. The van der Waals surface area contributed by atoms with Gasteiger partial charge in [-0.2, -0.15) is 10.1 Å². The van der Waals surface area contributed by atoms with Crippen molar-refractivity contribution in [2.24, 2.45) is 0 Å². The van der Waals surface area contributed by atoms with Crippen molar-refractivity contribution in [3.05, 3.63) is 75.6 Å². The molecule has 26 heavy (non-hydrogen) atoms. The molecule has 0 spiro atoms. The van der Waals surface area contributed by atoms with Crippen molar-refractivity contribution in [1.29, 1.82) is 0 Å². The Labute approximate surface area is 154 Å². The van der Waals surface area contributed by atoms with Crippen LogP contribution in [0.15, 0.2) is 53.6 Å². The van der Waals surface area contributed by atoms with Crippen LogP contribution in [-0.2, 0) is 5.41 Å². The fourth-order valence-corrected chi connectivity index (χ4v) is 4.08. The van der Waals surface area contributed by atoms with E-state index in [4.69, 9.17) is 11.6 Å². The van der Waals surface area contributed by atoms with E-state index in [0.29, 0.717) is 10.4 Å². The van der Waals surface area contributed by atoms with E-state index in [1.165, 1.54) is 0 Å². The SMILES string of the molecule is CC1(C)c2cc(-c3cn[nH]c3)ccc2-n2c1nc(=O)c1c(Cl)cccc12. The van der Waals surface area contributed by atoms with Gasteiger partial charge in [0.15, 0.2) is 0 Å². The smallest absolute Gasteiger partial charge is 0.282 e. The van der Waals surface area contributed by atoms with Crippen LogP contribution in [0.5, 0.6) is 0 Å². The molecule has 3 heterocycles. The van der Waals surface area contributed by atoms with E-state index < -0.39 is 5.41 Å². The fraction of sp³-hybridized carbons (Fsp3) is 0.150. The number of nitrogens with zero attached hydrogens (tertiary/aromatic N) is 3. The number of aromatic nitrogens is 4. The molecule has 0 atom stereocenters. The van der Waals surface area contributed by atoms with Crippen LogP contribution in [0.2, 0.25) is 5.02 Å². The summed E-state index contributed by atoms with van der Waals surface area (Å²) in [5.41, 5.74) is 4.35. The summed E-state index contributed by atoms with van der Waals surface area (Å²) in [5, 5.41) is 7.77. The van der Waals surface area contributed by atoms with Gasteiger partial charge in [-0.15, -0.1) is 0 Å². The number of benzene rings is 2. The molecule has 2 aromatic carbocycles. The highest BCUT2D eigenvalue weighted by atomic mass is 35.5. The summed E-state index contributed by atoms with van der Waals surface area (Å²) in [6.07, 6.45) is 3.67. The van der Waals surface area contributed by atoms with Crippen molar-refractivity contribution in [3.8, 4) is 16.8 Å². The largest absolute Gasteiger partial charge is 0.296 e. The predicted octanol–water partition coefficient (Wildman–Crippen LogP) is 4.07. The van der Waals surface area contributed by atoms with E-state index in [1.54, 1.807) is 12.3 Å². The van der Waals surface area contributed by atoms with Gasteiger partial charge in [0.25, 0.3) is 5.56 Å². The summed E-state index contributed by atoms with van der Waals surface area (Å²) in [5.74, 6) is 0.733. The minimum atomic E-state index is -0.398. The molecular weight excluding hydrogens is 348 g/mol. The minimum Gasteiger partial charge on any atom is -0.296 e. The zero-order chi connectivity index (χ0) is 18.1. The Morgan fingerprint density at radius 1 is 1.15 bits per heavy atom. The van der Waals surface area contributed by atoms with Gasteiger partial charge in [-0.25, -0.2) is 0 Å². The molecule has 0 aliphatic carbocycles. The lowest BCUT2D eigenvalue weighted by Gasteiger charge is -2.19. The van der Waals surface area contributed by atoms with Gasteiger partial charge in [-0.1, -0.05) is 23.7 Å². The molecule has 5 nitrogen and oxygen atoms in total. The van der Waals surface area contributed by atoms with Gasteiger partial charge in [-0.3, -0.25) is 14.5 Å². The van der Waals surface area contributed by atoms with Crippen LogP contribution in [0.1, 0.15) is 25.2 Å². The zero-order valence-electron chi connectivity index (χ0n) is 14.2. The third-order valence-electron chi connectivity index (χ3n) is 5.17. The second-order valence-electron chi connectivity index (χ2n) is 7.05. The Kier molecular flexibility index (Phi) is 2.98. The molecule has 0 saturated heterocycles. The lowest BCUT2D eigenvalue weighted by molar-refractivity contribution is 0.610. The molecule has 0 amide bonds. The van der Waals surface area contributed by atoms with Gasteiger partial charge in [0.05, 0.1) is 33.2 Å². The first-order chi connectivity index (χ1) is 12.5. The molecular formula is C20H15ClN4O. The number of hydrogen-bond acceptors (Lipinski definition) is 3. The number of halogens is 1. The van der Waals surface area contributed by atoms with E-state index in [-0.39, 0.29) is 5.56 Å². The number of fused-ring (bicyclic) bond motifs is 5. The van der Waals surface area contributed by atoms with Crippen molar-refractivity contribution in [1.82, 2.24) is 19.7 Å². The van der Waals surface area contributed by atoms with Crippen molar-refractivity contribution < 1.29 is 0 Å². The predicted molar refractivity (Wildman–Crippen MR) is 102 cm³/mol. The number of hydrogen-bond donors (Lipinski definition) is 1. The van der Waals surface area contributed by atoms with Gasteiger partial charge in [0.1, 0.15) is 5.82 Å². The topological polar surface area (TPSA) is 63.6 Å². The molecule has 2 aromatic heterocycles. The maximum Gasteiger partial charge on any atom is 0.282 e. The molecule has 1 N–H and O–H groups in total. The summed E-state index contributed by atoms with van der Waals surface area (Å²) in [6.45, 7) is 4.18. The monoisotopic (exact) mass is 362 g/mol. The lowest BCUT2D eigenvalue weighted by atomic mass is 9.84. The van der Waals surface area contributed by atoms with Crippen LogP contribution >= 0.6 is 11.6 Å². The highest BCUT2D eigenvalue weighted by Crippen LogP contribution is 2.44. The quantitative estimate of drug-likeness (QED) is 0.555. The molecule has 0 unspecified atom stereocenters. The molecule has 0 saturated carbocycles. The minimum absolute atomic E-state index is 0.284. The third kappa shape index (κ3) is 1.89. The fourth-order valence-electron chi connectivity index (χ4n) is 3.83. The second kappa shape index (κ2) is 5.05. The average molecular weight is 363 g/mol. The Hall–Kier alpha value is -2.92. The van der Waals surface area contributed by atoms with Crippen molar-refractivity contribution in [2.45, 2.75) is 19.3 Å². The molecule has 5 rings (SSSR count). The average Bonchev–Trinajstić information content (AvgIpc) is 3.22. The number of aromatic amines is 1. The first-order valence-electron chi connectivity index (χ1n) is 8.34. The Morgan fingerprint density at radius 3 is 2.77 bits per heavy atom. The van der Waals surface area contributed by atoms with Crippen molar-refractivity contribution >= 4 is 22.5 Å². The first-order valence-corrected chi connectivity index (χ1v) is 8.72. The highest BCUT2D eigenvalue weighted by Gasteiger charge is 2.38. The van der Waals surface area contributed by atoms with Gasteiger partial charge in [-0.05, 0) is 49.2 Å². The second-order valence-corrected chi connectivity index (χ2v) is 7.46. The van der Waals surface area contributed by atoms with Crippen LogP contribution in [0.25, 0.3) is 27.7 Å². The lowest BCUT2D eigenvalue weighted by Crippen LogP contribution is -2.24. The van der Waals surface area contributed by atoms with Gasteiger partial charge < -0.3 is 0 Å². The van der Waals surface area contributed by atoms with E-state index in [9.17, 15) is 4.79 Å². The van der Waals surface area contributed by atoms with Crippen LogP contribution in [0, 0.1) is 0 Å². The van der Waals surface area contributed by atoms with E-state index >= 15 is 0 Å². The molecule has 6 heteroatoms. The van der Waals surface area contributed by atoms with E-state index in [1.807, 2.05) is 18.3 Å². The van der Waals surface area contributed by atoms with Crippen LogP contribution in [-0.4, -0.2) is 19.7 Å². The highest BCUT2D eigenvalue weighted by molar-refractivity contribution is 6.35. The summed E-state index contributed by atoms with van der Waals surface area (Å²) >= 11 is 6.29. The Morgan fingerprint density at radius 2 is 2.00 bits per heavy atom. The standard InChI is InChI=1S/C20H15ClN4O/c1-20(2)13-8-11(12-9-22-23-10-12)6-7-15(13)25-16-5-3-4-14(21)17(16)18(26)24-19(20)25/h3-10H,1-2H3,(H,22,23). The Balaban J connectivity index is 1.88.